The number of anilines is 1. The quantitative estimate of drug-likeness (QED) is 0.516. The number of hydrogen-bond donors (Lipinski definition) is 1. The molecule has 1 amide bonds. The molecule has 0 fully saturated rings. The van der Waals surface area contributed by atoms with Crippen LogP contribution in [0, 0.1) is 11.7 Å². The highest BCUT2D eigenvalue weighted by molar-refractivity contribution is 7.89. The Morgan fingerprint density at radius 3 is 2.50 bits per heavy atom. The highest BCUT2D eigenvalue weighted by Gasteiger charge is 2.50. The largest absolute Gasteiger partial charge is 0.397 e. The van der Waals surface area contributed by atoms with Crippen LogP contribution < -0.4 is 10.0 Å². The van der Waals surface area contributed by atoms with Gasteiger partial charge in [-0.1, -0.05) is 25.1 Å². The number of hydrogen-bond acceptors (Lipinski definition) is 4. The normalized spacial score (nSPS) is 21.4. The maximum atomic E-state index is 14.4. The summed E-state index contributed by atoms with van der Waals surface area (Å²) in [5.41, 5.74) is 2.63. The van der Waals surface area contributed by atoms with E-state index in [1.54, 1.807) is 12.3 Å². The number of benzene rings is 2. The zero-order valence-corrected chi connectivity index (χ0v) is 19.8. The van der Waals surface area contributed by atoms with Crippen LogP contribution in [-0.4, -0.2) is 32.0 Å². The van der Waals surface area contributed by atoms with Gasteiger partial charge in [-0.25, -0.2) is 17.9 Å². The Morgan fingerprint density at radius 2 is 1.86 bits per heavy atom. The lowest BCUT2D eigenvalue weighted by molar-refractivity contribution is -0.147. The van der Waals surface area contributed by atoms with E-state index in [4.69, 9.17) is 5.14 Å². The first-order chi connectivity index (χ1) is 16.9. The van der Waals surface area contributed by atoms with Gasteiger partial charge in [0.1, 0.15) is 10.7 Å². The lowest BCUT2D eigenvalue weighted by Gasteiger charge is -2.25. The Morgan fingerprint density at radius 1 is 1.11 bits per heavy atom. The molecule has 3 aromatic rings. The van der Waals surface area contributed by atoms with Crippen molar-refractivity contribution in [2.45, 2.75) is 36.3 Å². The molecule has 5 rings (SSSR count). The molecule has 0 saturated carbocycles. The summed E-state index contributed by atoms with van der Waals surface area (Å²) >= 11 is 0. The molecule has 188 valence electrons. The van der Waals surface area contributed by atoms with Crippen molar-refractivity contribution in [3.63, 3.8) is 0 Å². The molecule has 0 saturated heterocycles. The third-order valence-electron chi connectivity index (χ3n) is 7.03. The third kappa shape index (κ3) is 4.05. The summed E-state index contributed by atoms with van der Waals surface area (Å²) in [5, 5.41) is 5.06. The second kappa shape index (κ2) is 8.38. The summed E-state index contributed by atoms with van der Waals surface area (Å²) in [7, 11) is -4.56. The molecule has 6 nitrogen and oxygen atoms in total. The van der Waals surface area contributed by atoms with E-state index in [0.717, 1.165) is 33.4 Å². The fourth-order valence-corrected chi connectivity index (χ4v) is 5.81. The van der Waals surface area contributed by atoms with Gasteiger partial charge in [-0.2, -0.15) is 13.2 Å². The van der Waals surface area contributed by atoms with Crippen LogP contribution in [-0.2, 0) is 21.2 Å². The second-order valence-electron chi connectivity index (χ2n) is 9.16. The minimum absolute atomic E-state index is 0.287. The Labute approximate surface area is 204 Å². The van der Waals surface area contributed by atoms with Gasteiger partial charge in [-0.15, -0.1) is 0 Å². The first-order valence-corrected chi connectivity index (χ1v) is 12.7. The summed E-state index contributed by atoms with van der Waals surface area (Å²) in [4.78, 5) is 17.9. The lowest BCUT2D eigenvalue weighted by Crippen LogP contribution is -2.38. The standard InChI is InChI=1S/C25H21F4N3O3S/c1-13-16-6-5-14(21-4-2-3-7-31-21)8-15(16)9-17(13)24(33)32-12-19(25(27,28)29)18-10-20(26)23(11-22(18)32)36(30,34)35/h2-8,10-11,13,17,19H,9,12H2,1H3,(H2,30,34,35)/t13-,17-,19-/m0/s1. The second-order valence-corrected chi connectivity index (χ2v) is 10.7. The Hall–Kier alpha value is -3.31. The van der Waals surface area contributed by atoms with Crippen molar-refractivity contribution in [3.05, 3.63) is 77.2 Å². The molecule has 0 bridgehead atoms. The number of aromatic nitrogens is 1. The molecule has 36 heavy (non-hydrogen) atoms. The minimum atomic E-state index is -4.76. The Bertz CT molecular complexity index is 1480. The van der Waals surface area contributed by atoms with Gasteiger partial charge in [-0.05, 0) is 59.4 Å². The average molecular weight is 520 g/mol. The molecule has 3 atom stereocenters. The first-order valence-electron chi connectivity index (χ1n) is 11.1. The molecule has 2 N–H and O–H groups in total. The smallest absolute Gasteiger partial charge is 0.311 e. The number of amides is 1. The highest BCUT2D eigenvalue weighted by atomic mass is 32.2. The molecular formula is C25H21F4N3O3S. The van der Waals surface area contributed by atoms with Crippen LogP contribution in [0.3, 0.4) is 0 Å². The monoisotopic (exact) mass is 519 g/mol. The number of carbonyl (C=O) groups is 1. The average Bonchev–Trinajstić information content (AvgIpc) is 3.35. The fourth-order valence-electron chi connectivity index (χ4n) is 5.21. The van der Waals surface area contributed by atoms with Crippen molar-refractivity contribution >= 4 is 21.6 Å². The number of pyridine rings is 1. The van der Waals surface area contributed by atoms with E-state index < -0.39 is 56.8 Å². The third-order valence-corrected chi connectivity index (χ3v) is 7.96. The number of nitrogens with zero attached hydrogens (tertiary/aromatic N) is 2. The predicted molar refractivity (Wildman–Crippen MR) is 124 cm³/mol. The number of nitrogens with two attached hydrogens (primary N) is 1. The van der Waals surface area contributed by atoms with Crippen molar-refractivity contribution in [1.82, 2.24) is 4.98 Å². The van der Waals surface area contributed by atoms with E-state index >= 15 is 0 Å². The van der Waals surface area contributed by atoms with Crippen LogP contribution in [0.15, 0.2) is 59.6 Å². The lowest BCUT2D eigenvalue weighted by atomic mass is 9.93. The molecule has 2 aromatic carbocycles. The van der Waals surface area contributed by atoms with Crippen LogP contribution in [0.5, 0.6) is 0 Å². The fraction of sp³-hybridized carbons (Fsp3) is 0.280. The predicted octanol–water partition coefficient (Wildman–Crippen LogP) is 4.50. The van der Waals surface area contributed by atoms with Crippen molar-refractivity contribution in [3.8, 4) is 11.3 Å². The van der Waals surface area contributed by atoms with E-state index in [1.165, 1.54) is 0 Å². The maximum Gasteiger partial charge on any atom is 0.397 e. The topological polar surface area (TPSA) is 93.4 Å². The SMILES string of the molecule is C[C@H]1c2ccc(-c3ccccn3)cc2C[C@@H]1C(=O)N1C[C@H](C(F)(F)F)c2cc(F)c(S(N)(=O)=O)cc21. The molecule has 2 heterocycles. The van der Waals surface area contributed by atoms with E-state index in [2.05, 4.69) is 4.98 Å². The van der Waals surface area contributed by atoms with Gasteiger partial charge in [-0.3, -0.25) is 9.78 Å². The van der Waals surface area contributed by atoms with Crippen LogP contribution in [0.1, 0.15) is 35.4 Å². The maximum absolute atomic E-state index is 14.4. The van der Waals surface area contributed by atoms with Crippen molar-refractivity contribution < 1.29 is 30.8 Å². The molecular weight excluding hydrogens is 498 g/mol. The molecule has 0 radical (unpaired) electrons. The summed E-state index contributed by atoms with van der Waals surface area (Å²) in [6.45, 7) is 1.07. The van der Waals surface area contributed by atoms with E-state index in [-0.39, 0.29) is 11.6 Å². The van der Waals surface area contributed by atoms with Crippen LogP contribution in [0.2, 0.25) is 0 Å². The summed E-state index contributed by atoms with van der Waals surface area (Å²) < 4.78 is 79.5. The molecule has 1 aromatic heterocycles. The Kier molecular flexibility index (Phi) is 5.68. The van der Waals surface area contributed by atoms with E-state index in [0.29, 0.717) is 12.5 Å². The number of fused-ring (bicyclic) bond motifs is 2. The number of alkyl halides is 3. The number of primary sulfonamides is 1. The number of halogens is 4. The van der Waals surface area contributed by atoms with Gasteiger partial charge >= 0.3 is 6.18 Å². The molecule has 2 aliphatic rings. The summed E-state index contributed by atoms with van der Waals surface area (Å²) in [5.74, 6) is -5.09. The first kappa shape index (κ1) is 24.4. The van der Waals surface area contributed by atoms with Crippen molar-refractivity contribution in [2.75, 3.05) is 11.4 Å². The van der Waals surface area contributed by atoms with Gasteiger partial charge < -0.3 is 4.90 Å². The number of carbonyl (C=O) groups excluding carboxylic acids is 1. The van der Waals surface area contributed by atoms with Gasteiger partial charge in [0, 0.05) is 29.9 Å². The van der Waals surface area contributed by atoms with Crippen molar-refractivity contribution in [1.29, 1.82) is 0 Å². The van der Waals surface area contributed by atoms with Crippen LogP contribution in [0.4, 0.5) is 23.2 Å². The number of rotatable bonds is 3. The zero-order chi connectivity index (χ0) is 26.0. The highest BCUT2D eigenvalue weighted by Crippen LogP contribution is 2.49. The zero-order valence-electron chi connectivity index (χ0n) is 19.0. The molecule has 1 aliphatic heterocycles. The minimum Gasteiger partial charge on any atom is -0.311 e. The molecule has 1 aliphatic carbocycles. The Balaban J connectivity index is 1.51. The number of sulfonamides is 1. The van der Waals surface area contributed by atoms with Gasteiger partial charge in [0.2, 0.25) is 15.9 Å². The van der Waals surface area contributed by atoms with Crippen molar-refractivity contribution in [2.24, 2.45) is 11.1 Å². The van der Waals surface area contributed by atoms with Gasteiger partial charge in [0.05, 0.1) is 11.6 Å². The summed E-state index contributed by atoms with van der Waals surface area (Å²) in [6, 6.07) is 12.4. The van der Waals surface area contributed by atoms with Gasteiger partial charge in [0.15, 0.2) is 0 Å². The molecule has 0 unspecified atom stereocenters. The van der Waals surface area contributed by atoms with Crippen LogP contribution >= 0.6 is 0 Å². The summed E-state index contributed by atoms with van der Waals surface area (Å²) in [6.07, 6.45) is -2.80. The van der Waals surface area contributed by atoms with E-state index in [1.807, 2.05) is 37.3 Å². The van der Waals surface area contributed by atoms with E-state index in [9.17, 15) is 30.8 Å². The molecule has 11 heteroatoms. The van der Waals surface area contributed by atoms with Gasteiger partial charge in [0.25, 0.3) is 0 Å². The molecule has 0 spiro atoms. The van der Waals surface area contributed by atoms with Crippen LogP contribution in [0.25, 0.3) is 11.3 Å².